The standard InChI is InChI=1S/C17H35N3/c1-5-20-10-6-7-16(20)13-19(4)17-9-8-15(17)12-18-11-14(2)3/h14-18H,5-13H2,1-4H3. The third kappa shape index (κ3) is 4.19. The van der Waals surface area contributed by atoms with Gasteiger partial charge in [-0.3, -0.25) is 4.90 Å². The topological polar surface area (TPSA) is 18.5 Å². The predicted molar refractivity (Wildman–Crippen MR) is 87.1 cm³/mol. The van der Waals surface area contributed by atoms with Crippen molar-refractivity contribution in [1.29, 1.82) is 0 Å². The van der Waals surface area contributed by atoms with Crippen molar-refractivity contribution >= 4 is 0 Å². The normalized spacial score (nSPS) is 31.2. The fourth-order valence-corrected chi connectivity index (χ4v) is 3.91. The summed E-state index contributed by atoms with van der Waals surface area (Å²) in [5.74, 6) is 1.65. The van der Waals surface area contributed by atoms with Gasteiger partial charge in [0.15, 0.2) is 0 Å². The third-order valence-electron chi connectivity index (χ3n) is 5.31. The molecule has 0 bridgehead atoms. The first-order chi connectivity index (χ1) is 9.61. The first kappa shape index (κ1) is 16.3. The van der Waals surface area contributed by atoms with Gasteiger partial charge in [-0.05, 0) is 70.7 Å². The summed E-state index contributed by atoms with van der Waals surface area (Å²) in [5, 5.41) is 3.65. The smallest absolute Gasteiger partial charge is 0.0223 e. The number of nitrogens with zero attached hydrogens (tertiary/aromatic N) is 2. The van der Waals surface area contributed by atoms with Gasteiger partial charge >= 0.3 is 0 Å². The molecule has 1 saturated heterocycles. The second-order valence-corrected chi connectivity index (χ2v) is 7.32. The molecule has 0 aromatic heterocycles. The van der Waals surface area contributed by atoms with Gasteiger partial charge in [0.1, 0.15) is 0 Å². The van der Waals surface area contributed by atoms with Gasteiger partial charge < -0.3 is 10.2 Å². The Hall–Kier alpha value is -0.120. The molecule has 20 heavy (non-hydrogen) atoms. The molecular weight excluding hydrogens is 246 g/mol. The predicted octanol–water partition coefficient (Wildman–Crippen LogP) is 2.43. The van der Waals surface area contributed by atoms with Gasteiger partial charge in [-0.1, -0.05) is 20.8 Å². The summed E-state index contributed by atoms with van der Waals surface area (Å²) in [5.41, 5.74) is 0. The van der Waals surface area contributed by atoms with Crippen molar-refractivity contribution in [2.75, 3.05) is 39.8 Å². The molecule has 0 aromatic carbocycles. The van der Waals surface area contributed by atoms with Crippen LogP contribution in [0.4, 0.5) is 0 Å². The summed E-state index contributed by atoms with van der Waals surface area (Å²) in [4.78, 5) is 5.32. The van der Waals surface area contributed by atoms with Crippen molar-refractivity contribution in [2.45, 2.75) is 58.5 Å². The van der Waals surface area contributed by atoms with E-state index in [4.69, 9.17) is 0 Å². The van der Waals surface area contributed by atoms with Crippen molar-refractivity contribution in [2.24, 2.45) is 11.8 Å². The van der Waals surface area contributed by atoms with E-state index in [0.29, 0.717) is 0 Å². The highest BCUT2D eigenvalue weighted by molar-refractivity contribution is 4.91. The number of rotatable bonds is 8. The van der Waals surface area contributed by atoms with Crippen molar-refractivity contribution in [1.82, 2.24) is 15.1 Å². The molecule has 3 heteroatoms. The molecule has 0 spiro atoms. The van der Waals surface area contributed by atoms with E-state index in [-0.39, 0.29) is 0 Å². The number of hydrogen-bond donors (Lipinski definition) is 1. The Morgan fingerprint density at radius 2 is 2.05 bits per heavy atom. The lowest BCUT2D eigenvalue weighted by Crippen LogP contribution is -2.52. The van der Waals surface area contributed by atoms with Crippen LogP contribution in [-0.4, -0.2) is 61.7 Å². The lowest BCUT2D eigenvalue weighted by molar-refractivity contribution is 0.0626. The van der Waals surface area contributed by atoms with E-state index in [1.54, 1.807) is 0 Å². The van der Waals surface area contributed by atoms with Gasteiger partial charge in [-0.2, -0.15) is 0 Å². The van der Waals surface area contributed by atoms with E-state index >= 15 is 0 Å². The highest BCUT2D eigenvalue weighted by atomic mass is 15.2. The zero-order valence-electron chi connectivity index (χ0n) is 14.1. The van der Waals surface area contributed by atoms with Gasteiger partial charge in [-0.25, -0.2) is 0 Å². The van der Waals surface area contributed by atoms with E-state index in [9.17, 15) is 0 Å². The Morgan fingerprint density at radius 3 is 2.65 bits per heavy atom. The van der Waals surface area contributed by atoms with Crippen LogP contribution < -0.4 is 5.32 Å². The van der Waals surface area contributed by atoms with Crippen LogP contribution in [0.2, 0.25) is 0 Å². The zero-order chi connectivity index (χ0) is 14.5. The zero-order valence-corrected chi connectivity index (χ0v) is 14.1. The van der Waals surface area contributed by atoms with Crippen molar-refractivity contribution in [3.8, 4) is 0 Å². The Bertz CT molecular complexity index is 279. The summed E-state index contributed by atoms with van der Waals surface area (Å²) >= 11 is 0. The molecule has 3 nitrogen and oxygen atoms in total. The van der Waals surface area contributed by atoms with E-state index in [1.165, 1.54) is 58.4 Å². The molecule has 1 heterocycles. The molecule has 118 valence electrons. The minimum absolute atomic E-state index is 0.767. The molecule has 1 N–H and O–H groups in total. The maximum absolute atomic E-state index is 3.65. The minimum atomic E-state index is 0.767. The van der Waals surface area contributed by atoms with Crippen molar-refractivity contribution in [3.63, 3.8) is 0 Å². The van der Waals surface area contributed by atoms with Gasteiger partial charge in [0, 0.05) is 18.6 Å². The average Bonchev–Trinajstić information content (AvgIpc) is 2.79. The highest BCUT2D eigenvalue weighted by Gasteiger charge is 2.35. The van der Waals surface area contributed by atoms with Crippen LogP contribution in [0.15, 0.2) is 0 Å². The van der Waals surface area contributed by atoms with Gasteiger partial charge in [0.05, 0.1) is 0 Å². The molecule has 0 aromatic rings. The number of hydrogen-bond acceptors (Lipinski definition) is 3. The SMILES string of the molecule is CCN1CCCC1CN(C)C1CCC1CNCC(C)C. The quantitative estimate of drug-likeness (QED) is 0.737. The summed E-state index contributed by atoms with van der Waals surface area (Å²) in [7, 11) is 2.35. The van der Waals surface area contributed by atoms with E-state index in [1.807, 2.05) is 0 Å². The Labute approximate surface area is 126 Å². The molecule has 2 fully saturated rings. The monoisotopic (exact) mass is 281 g/mol. The minimum Gasteiger partial charge on any atom is -0.316 e. The summed E-state index contributed by atoms with van der Waals surface area (Å²) < 4.78 is 0. The van der Waals surface area contributed by atoms with Crippen LogP contribution in [0.5, 0.6) is 0 Å². The number of nitrogens with one attached hydrogen (secondary N) is 1. The lowest BCUT2D eigenvalue weighted by atomic mass is 9.78. The third-order valence-corrected chi connectivity index (χ3v) is 5.31. The number of likely N-dealkylation sites (tertiary alicyclic amines) is 1. The largest absolute Gasteiger partial charge is 0.316 e. The van der Waals surface area contributed by atoms with Crippen LogP contribution in [-0.2, 0) is 0 Å². The first-order valence-electron chi connectivity index (χ1n) is 8.76. The van der Waals surface area contributed by atoms with Crippen LogP contribution in [0.1, 0.15) is 46.5 Å². The van der Waals surface area contributed by atoms with Gasteiger partial charge in [0.2, 0.25) is 0 Å². The van der Waals surface area contributed by atoms with E-state index < -0.39 is 0 Å². The van der Waals surface area contributed by atoms with Crippen LogP contribution in [0.25, 0.3) is 0 Å². The fourth-order valence-electron chi connectivity index (χ4n) is 3.91. The molecule has 0 amide bonds. The summed E-state index contributed by atoms with van der Waals surface area (Å²) in [6.45, 7) is 13.1. The second kappa shape index (κ2) is 7.77. The molecule has 0 radical (unpaired) electrons. The van der Waals surface area contributed by atoms with E-state index in [2.05, 4.69) is 42.9 Å². The van der Waals surface area contributed by atoms with Crippen LogP contribution in [0.3, 0.4) is 0 Å². The van der Waals surface area contributed by atoms with Gasteiger partial charge in [-0.15, -0.1) is 0 Å². The van der Waals surface area contributed by atoms with E-state index in [0.717, 1.165) is 23.9 Å². The molecular formula is C17H35N3. The fraction of sp³-hybridized carbons (Fsp3) is 1.00. The molecule has 2 aliphatic rings. The first-order valence-corrected chi connectivity index (χ1v) is 8.76. The molecule has 1 aliphatic heterocycles. The Kier molecular flexibility index (Phi) is 6.31. The molecule has 3 unspecified atom stereocenters. The average molecular weight is 281 g/mol. The van der Waals surface area contributed by atoms with Crippen LogP contribution >= 0.6 is 0 Å². The van der Waals surface area contributed by atoms with Crippen LogP contribution in [0, 0.1) is 11.8 Å². The Morgan fingerprint density at radius 1 is 1.25 bits per heavy atom. The summed E-state index contributed by atoms with van der Waals surface area (Å²) in [6, 6.07) is 1.64. The van der Waals surface area contributed by atoms with Crippen molar-refractivity contribution < 1.29 is 0 Å². The molecule has 1 saturated carbocycles. The maximum atomic E-state index is 3.65. The number of likely N-dealkylation sites (N-methyl/N-ethyl adjacent to an activating group) is 2. The van der Waals surface area contributed by atoms with Gasteiger partial charge in [0.25, 0.3) is 0 Å². The van der Waals surface area contributed by atoms with Crippen molar-refractivity contribution in [3.05, 3.63) is 0 Å². The molecule has 2 rings (SSSR count). The maximum Gasteiger partial charge on any atom is 0.0223 e. The lowest BCUT2D eigenvalue weighted by Gasteiger charge is -2.44. The summed E-state index contributed by atoms with van der Waals surface area (Å²) in [6.07, 6.45) is 5.63. The molecule has 3 atom stereocenters. The highest BCUT2D eigenvalue weighted by Crippen LogP contribution is 2.32. The second-order valence-electron chi connectivity index (χ2n) is 7.32. The molecule has 1 aliphatic carbocycles. The Balaban J connectivity index is 1.70.